The molecular formula is C17H25ClN2O3. The molecule has 0 aromatic heterocycles. The fraction of sp³-hybridized carbons (Fsp3) is 0.647. The van der Waals surface area contributed by atoms with E-state index in [0.29, 0.717) is 24.0 Å². The Labute approximate surface area is 142 Å². The van der Waals surface area contributed by atoms with Gasteiger partial charge in [0, 0.05) is 26.1 Å². The molecule has 2 aliphatic rings. The third kappa shape index (κ3) is 4.98. The minimum atomic E-state index is 0.634. The molecule has 1 aromatic carbocycles. The molecule has 23 heavy (non-hydrogen) atoms. The number of morpholine rings is 1. The fourth-order valence-electron chi connectivity index (χ4n) is 2.87. The lowest BCUT2D eigenvalue weighted by atomic mass is 10.2. The molecule has 0 spiro atoms. The molecule has 0 saturated carbocycles. The number of nitrogens with one attached hydrogen (secondary N) is 1. The second-order valence-corrected chi connectivity index (χ2v) is 6.35. The third-order valence-electron chi connectivity index (χ3n) is 4.12. The SMILES string of the molecule is Clc1cc(CNCCCN2CCOCC2)cc2c1OCCCO2. The maximum Gasteiger partial charge on any atom is 0.179 e. The number of hydrogen-bond donors (Lipinski definition) is 1. The second kappa shape index (κ2) is 8.73. The third-order valence-corrected chi connectivity index (χ3v) is 4.40. The zero-order valence-corrected chi connectivity index (χ0v) is 14.2. The number of rotatable bonds is 6. The van der Waals surface area contributed by atoms with E-state index >= 15 is 0 Å². The molecule has 0 aliphatic carbocycles. The van der Waals surface area contributed by atoms with Gasteiger partial charge in [-0.15, -0.1) is 0 Å². The summed E-state index contributed by atoms with van der Waals surface area (Å²) in [6.45, 7) is 8.08. The Kier molecular flexibility index (Phi) is 6.39. The first-order valence-electron chi connectivity index (χ1n) is 8.42. The second-order valence-electron chi connectivity index (χ2n) is 5.94. The summed E-state index contributed by atoms with van der Waals surface area (Å²) in [6, 6.07) is 3.99. The van der Waals surface area contributed by atoms with E-state index in [2.05, 4.69) is 10.2 Å². The highest BCUT2D eigenvalue weighted by molar-refractivity contribution is 6.32. The number of halogens is 1. The number of nitrogens with zero attached hydrogens (tertiary/aromatic N) is 1. The van der Waals surface area contributed by atoms with Crippen molar-refractivity contribution in [2.24, 2.45) is 0 Å². The van der Waals surface area contributed by atoms with Gasteiger partial charge in [-0.1, -0.05) is 11.6 Å². The molecule has 1 saturated heterocycles. The predicted molar refractivity (Wildman–Crippen MR) is 90.6 cm³/mol. The van der Waals surface area contributed by atoms with E-state index < -0.39 is 0 Å². The van der Waals surface area contributed by atoms with Crippen LogP contribution in [0.2, 0.25) is 5.02 Å². The van der Waals surface area contributed by atoms with Crippen LogP contribution in [0.15, 0.2) is 12.1 Å². The van der Waals surface area contributed by atoms with Gasteiger partial charge in [-0.25, -0.2) is 0 Å². The Hall–Kier alpha value is -1.01. The lowest BCUT2D eigenvalue weighted by molar-refractivity contribution is 0.0374. The van der Waals surface area contributed by atoms with Crippen molar-refractivity contribution >= 4 is 11.6 Å². The molecule has 0 atom stereocenters. The molecule has 2 aliphatic heterocycles. The van der Waals surface area contributed by atoms with Gasteiger partial charge >= 0.3 is 0 Å². The average Bonchev–Trinajstić information content (AvgIpc) is 2.81. The summed E-state index contributed by atoms with van der Waals surface area (Å²) in [5.41, 5.74) is 1.13. The molecular weight excluding hydrogens is 316 g/mol. The van der Waals surface area contributed by atoms with Gasteiger partial charge in [0.25, 0.3) is 0 Å². The topological polar surface area (TPSA) is 43.0 Å². The first kappa shape index (κ1) is 16.8. The van der Waals surface area contributed by atoms with Gasteiger partial charge in [0.05, 0.1) is 31.5 Å². The quantitative estimate of drug-likeness (QED) is 0.805. The average molecular weight is 341 g/mol. The van der Waals surface area contributed by atoms with Gasteiger partial charge in [-0.3, -0.25) is 4.90 Å². The first-order chi connectivity index (χ1) is 11.3. The molecule has 2 heterocycles. The Balaban J connectivity index is 1.43. The Morgan fingerprint density at radius 2 is 1.91 bits per heavy atom. The van der Waals surface area contributed by atoms with E-state index in [1.807, 2.05) is 12.1 Å². The number of fused-ring (bicyclic) bond motifs is 1. The van der Waals surface area contributed by atoms with Gasteiger partial charge in [0.2, 0.25) is 0 Å². The largest absolute Gasteiger partial charge is 0.489 e. The van der Waals surface area contributed by atoms with Crippen molar-refractivity contribution in [2.75, 3.05) is 52.6 Å². The summed E-state index contributed by atoms with van der Waals surface area (Å²) in [7, 11) is 0. The molecule has 5 nitrogen and oxygen atoms in total. The van der Waals surface area contributed by atoms with E-state index in [4.69, 9.17) is 25.8 Å². The van der Waals surface area contributed by atoms with Crippen molar-refractivity contribution in [3.05, 3.63) is 22.7 Å². The van der Waals surface area contributed by atoms with Crippen molar-refractivity contribution < 1.29 is 14.2 Å². The van der Waals surface area contributed by atoms with Crippen LogP contribution in [0, 0.1) is 0 Å². The monoisotopic (exact) mass is 340 g/mol. The number of hydrogen-bond acceptors (Lipinski definition) is 5. The maximum atomic E-state index is 6.31. The minimum absolute atomic E-state index is 0.634. The van der Waals surface area contributed by atoms with Gasteiger partial charge in [0.15, 0.2) is 11.5 Å². The zero-order chi connectivity index (χ0) is 15.9. The smallest absolute Gasteiger partial charge is 0.179 e. The van der Waals surface area contributed by atoms with Crippen LogP contribution in [-0.2, 0) is 11.3 Å². The molecule has 1 fully saturated rings. The Morgan fingerprint density at radius 1 is 1.09 bits per heavy atom. The normalized spacial score (nSPS) is 18.7. The molecule has 6 heteroatoms. The van der Waals surface area contributed by atoms with Crippen molar-refractivity contribution in [1.29, 1.82) is 0 Å². The molecule has 128 valence electrons. The van der Waals surface area contributed by atoms with Gasteiger partial charge in [-0.05, 0) is 37.2 Å². The molecule has 3 rings (SSSR count). The standard InChI is InChI=1S/C17H25ClN2O3/c18-15-11-14(12-16-17(15)23-8-2-7-22-16)13-19-3-1-4-20-5-9-21-10-6-20/h11-12,19H,1-10,13H2. The highest BCUT2D eigenvalue weighted by Gasteiger charge is 2.15. The van der Waals surface area contributed by atoms with Crippen molar-refractivity contribution in [2.45, 2.75) is 19.4 Å². The lowest BCUT2D eigenvalue weighted by Crippen LogP contribution is -2.37. The summed E-state index contributed by atoms with van der Waals surface area (Å²) in [5.74, 6) is 1.44. The van der Waals surface area contributed by atoms with Crippen molar-refractivity contribution in [3.63, 3.8) is 0 Å². The van der Waals surface area contributed by atoms with E-state index in [9.17, 15) is 0 Å². The zero-order valence-electron chi connectivity index (χ0n) is 13.5. The molecule has 0 amide bonds. The number of ether oxygens (including phenoxy) is 3. The Bertz CT molecular complexity index is 507. The summed E-state index contributed by atoms with van der Waals surface area (Å²) in [5, 5.41) is 4.11. The van der Waals surface area contributed by atoms with Gasteiger partial charge in [0.1, 0.15) is 0 Å². The molecule has 0 unspecified atom stereocenters. The highest BCUT2D eigenvalue weighted by Crippen LogP contribution is 2.37. The molecule has 1 aromatic rings. The van der Waals surface area contributed by atoms with Crippen LogP contribution in [-0.4, -0.2) is 57.5 Å². The van der Waals surface area contributed by atoms with Crippen LogP contribution in [0.25, 0.3) is 0 Å². The first-order valence-corrected chi connectivity index (χ1v) is 8.79. The van der Waals surface area contributed by atoms with E-state index in [-0.39, 0.29) is 0 Å². The van der Waals surface area contributed by atoms with Crippen LogP contribution < -0.4 is 14.8 Å². The molecule has 0 radical (unpaired) electrons. The summed E-state index contributed by atoms with van der Waals surface area (Å²) in [6.07, 6.45) is 2.03. The van der Waals surface area contributed by atoms with Crippen molar-refractivity contribution in [3.8, 4) is 11.5 Å². The summed E-state index contributed by atoms with van der Waals surface area (Å²) < 4.78 is 16.7. The predicted octanol–water partition coefficient (Wildman–Crippen LogP) is 2.31. The summed E-state index contributed by atoms with van der Waals surface area (Å²) >= 11 is 6.31. The van der Waals surface area contributed by atoms with Gasteiger partial charge < -0.3 is 19.5 Å². The minimum Gasteiger partial charge on any atom is -0.489 e. The number of benzene rings is 1. The Morgan fingerprint density at radius 3 is 2.78 bits per heavy atom. The van der Waals surface area contributed by atoms with Crippen LogP contribution in [0.5, 0.6) is 11.5 Å². The van der Waals surface area contributed by atoms with E-state index in [0.717, 1.165) is 70.1 Å². The molecule has 0 bridgehead atoms. The van der Waals surface area contributed by atoms with E-state index in [1.165, 1.54) is 0 Å². The van der Waals surface area contributed by atoms with E-state index in [1.54, 1.807) is 0 Å². The highest BCUT2D eigenvalue weighted by atomic mass is 35.5. The van der Waals surface area contributed by atoms with Crippen LogP contribution >= 0.6 is 11.6 Å². The van der Waals surface area contributed by atoms with Gasteiger partial charge in [-0.2, -0.15) is 0 Å². The van der Waals surface area contributed by atoms with Crippen LogP contribution in [0.4, 0.5) is 0 Å². The molecule has 1 N–H and O–H groups in total. The fourth-order valence-corrected chi connectivity index (χ4v) is 3.16. The van der Waals surface area contributed by atoms with Crippen molar-refractivity contribution in [1.82, 2.24) is 10.2 Å². The maximum absolute atomic E-state index is 6.31. The lowest BCUT2D eigenvalue weighted by Gasteiger charge is -2.26. The summed E-state index contributed by atoms with van der Waals surface area (Å²) in [4.78, 5) is 2.45. The van der Waals surface area contributed by atoms with Crippen LogP contribution in [0.3, 0.4) is 0 Å². The van der Waals surface area contributed by atoms with Crippen LogP contribution in [0.1, 0.15) is 18.4 Å².